The number of carbonyl (C=O) groups is 2. The first-order valence-electron chi connectivity index (χ1n) is 7.14. The lowest BCUT2D eigenvalue weighted by Gasteiger charge is -2.24. The fourth-order valence-corrected chi connectivity index (χ4v) is 1.86. The zero-order valence-corrected chi connectivity index (χ0v) is 13.4. The van der Waals surface area contributed by atoms with Crippen molar-refractivity contribution in [3.8, 4) is 6.07 Å². The molecule has 0 unspecified atom stereocenters. The van der Waals surface area contributed by atoms with Crippen molar-refractivity contribution in [2.75, 3.05) is 18.9 Å². The molecular formula is C16H22N4O2. The number of amides is 2. The van der Waals surface area contributed by atoms with Gasteiger partial charge in [-0.15, -0.1) is 0 Å². The average molecular weight is 302 g/mol. The number of nitriles is 1. The molecule has 22 heavy (non-hydrogen) atoms. The Labute approximate surface area is 131 Å². The van der Waals surface area contributed by atoms with E-state index in [-0.39, 0.29) is 24.4 Å². The lowest BCUT2D eigenvalue weighted by atomic mass is 10.2. The largest absolute Gasteiger partial charge is 0.353 e. The van der Waals surface area contributed by atoms with Crippen LogP contribution >= 0.6 is 0 Å². The fraction of sp³-hybridized carbons (Fsp3) is 0.438. The monoisotopic (exact) mass is 302 g/mol. The molecule has 0 radical (unpaired) electrons. The molecule has 118 valence electrons. The van der Waals surface area contributed by atoms with Crippen LogP contribution in [0.1, 0.15) is 26.3 Å². The van der Waals surface area contributed by atoms with Crippen molar-refractivity contribution in [1.29, 1.82) is 5.26 Å². The van der Waals surface area contributed by atoms with Crippen molar-refractivity contribution in [3.63, 3.8) is 0 Å². The van der Waals surface area contributed by atoms with E-state index in [9.17, 15) is 9.59 Å². The highest BCUT2D eigenvalue weighted by Gasteiger charge is 2.21. The number of carbonyl (C=O) groups excluding carboxylic acids is 2. The maximum Gasteiger partial charge on any atom is 0.241 e. The van der Waals surface area contributed by atoms with Gasteiger partial charge in [-0.05, 0) is 40.0 Å². The van der Waals surface area contributed by atoms with Gasteiger partial charge in [0.15, 0.2) is 0 Å². The molecule has 0 heterocycles. The minimum Gasteiger partial charge on any atom is -0.353 e. The molecule has 6 heteroatoms. The molecule has 0 aliphatic rings. The van der Waals surface area contributed by atoms with Gasteiger partial charge < -0.3 is 10.6 Å². The third kappa shape index (κ3) is 5.19. The molecule has 0 aliphatic carbocycles. The molecule has 2 N–H and O–H groups in total. The van der Waals surface area contributed by atoms with Crippen molar-refractivity contribution >= 4 is 17.5 Å². The molecule has 1 aromatic rings. The molecule has 2 amide bonds. The van der Waals surface area contributed by atoms with Crippen LogP contribution in [0.5, 0.6) is 0 Å². The maximum absolute atomic E-state index is 12.2. The van der Waals surface area contributed by atoms with Crippen molar-refractivity contribution in [3.05, 3.63) is 29.8 Å². The molecule has 1 atom stereocenters. The summed E-state index contributed by atoms with van der Waals surface area (Å²) < 4.78 is 0. The summed E-state index contributed by atoms with van der Waals surface area (Å²) in [5.41, 5.74) is 0.880. The van der Waals surface area contributed by atoms with Gasteiger partial charge in [0.05, 0.1) is 23.8 Å². The number of nitrogens with zero attached hydrogens (tertiary/aromatic N) is 2. The average Bonchev–Trinajstić information content (AvgIpc) is 2.45. The minimum absolute atomic E-state index is 0.0625. The molecule has 1 aromatic carbocycles. The van der Waals surface area contributed by atoms with Crippen LogP contribution in [0.2, 0.25) is 0 Å². The normalized spacial score (nSPS) is 11.9. The smallest absolute Gasteiger partial charge is 0.241 e. The van der Waals surface area contributed by atoms with Crippen LogP contribution in [0, 0.1) is 11.3 Å². The van der Waals surface area contributed by atoms with Crippen LogP contribution < -0.4 is 10.6 Å². The Kier molecular flexibility index (Phi) is 6.54. The molecule has 6 nitrogen and oxygen atoms in total. The predicted octanol–water partition coefficient (Wildman–Crippen LogP) is 1.34. The second kappa shape index (κ2) is 8.15. The molecule has 0 saturated carbocycles. The van der Waals surface area contributed by atoms with Crippen LogP contribution in [-0.4, -0.2) is 42.4 Å². The highest BCUT2D eigenvalue weighted by atomic mass is 16.2. The Hall–Kier alpha value is -2.39. The lowest BCUT2D eigenvalue weighted by molar-refractivity contribution is -0.125. The Balaban J connectivity index is 2.65. The highest BCUT2D eigenvalue weighted by molar-refractivity contribution is 5.96. The predicted molar refractivity (Wildman–Crippen MR) is 85.2 cm³/mol. The molecular weight excluding hydrogens is 280 g/mol. The number of hydrogen-bond donors (Lipinski definition) is 2. The van der Waals surface area contributed by atoms with Gasteiger partial charge in [0.2, 0.25) is 11.8 Å². The second-order valence-corrected chi connectivity index (χ2v) is 5.46. The van der Waals surface area contributed by atoms with Gasteiger partial charge in [-0.2, -0.15) is 5.26 Å². The van der Waals surface area contributed by atoms with Crippen LogP contribution in [-0.2, 0) is 9.59 Å². The van der Waals surface area contributed by atoms with Gasteiger partial charge in [-0.3, -0.25) is 14.5 Å². The number of nitrogens with one attached hydrogen (secondary N) is 2. The Bertz CT molecular complexity index is 578. The number of rotatable bonds is 6. The van der Waals surface area contributed by atoms with Crippen LogP contribution in [0.25, 0.3) is 0 Å². The second-order valence-electron chi connectivity index (χ2n) is 5.46. The highest BCUT2D eigenvalue weighted by Crippen LogP contribution is 2.14. The Morgan fingerprint density at radius 2 is 1.91 bits per heavy atom. The summed E-state index contributed by atoms with van der Waals surface area (Å²) in [7, 11) is 1.71. The van der Waals surface area contributed by atoms with E-state index < -0.39 is 6.04 Å². The van der Waals surface area contributed by atoms with Gasteiger partial charge in [-0.25, -0.2) is 0 Å². The molecule has 0 spiro atoms. The van der Waals surface area contributed by atoms with E-state index in [2.05, 4.69) is 10.6 Å². The zero-order valence-electron chi connectivity index (χ0n) is 13.4. The van der Waals surface area contributed by atoms with Gasteiger partial charge in [0.25, 0.3) is 0 Å². The number of hydrogen-bond acceptors (Lipinski definition) is 4. The van der Waals surface area contributed by atoms with Crippen LogP contribution in [0.15, 0.2) is 24.3 Å². The topological polar surface area (TPSA) is 85.2 Å². The van der Waals surface area contributed by atoms with E-state index in [1.54, 1.807) is 43.1 Å². The van der Waals surface area contributed by atoms with Gasteiger partial charge >= 0.3 is 0 Å². The summed E-state index contributed by atoms with van der Waals surface area (Å²) in [5, 5.41) is 14.5. The number of likely N-dealkylation sites (N-methyl/N-ethyl adjacent to an activating group) is 1. The standard InChI is InChI=1S/C16H22N4O2/c1-11(2)18-15(21)10-20(4)12(3)16(22)19-14-8-6-5-7-13(14)9-17/h5-8,11-12H,10H2,1-4H3,(H,18,21)(H,19,22)/t12-/m0/s1. The van der Waals surface area contributed by atoms with Gasteiger partial charge in [-0.1, -0.05) is 12.1 Å². The van der Waals surface area contributed by atoms with E-state index in [0.29, 0.717) is 11.3 Å². The molecule has 1 rings (SSSR count). The van der Waals surface area contributed by atoms with E-state index in [4.69, 9.17) is 5.26 Å². The minimum atomic E-state index is -0.496. The molecule has 0 saturated heterocycles. The summed E-state index contributed by atoms with van der Waals surface area (Å²) in [4.78, 5) is 25.6. The quantitative estimate of drug-likeness (QED) is 0.830. The van der Waals surface area contributed by atoms with Crippen molar-refractivity contribution in [1.82, 2.24) is 10.2 Å². The van der Waals surface area contributed by atoms with E-state index in [0.717, 1.165) is 0 Å². The van der Waals surface area contributed by atoms with Gasteiger partial charge in [0, 0.05) is 6.04 Å². The summed E-state index contributed by atoms with van der Waals surface area (Å²) in [5.74, 6) is -0.392. The molecule has 0 aromatic heterocycles. The van der Waals surface area contributed by atoms with Crippen molar-refractivity contribution in [2.24, 2.45) is 0 Å². The first-order chi connectivity index (χ1) is 10.3. The third-order valence-corrected chi connectivity index (χ3v) is 3.19. The first kappa shape index (κ1) is 17.7. The Morgan fingerprint density at radius 1 is 1.27 bits per heavy atom. The van der Waals surface area contributed by atoms with Crippen LogP contribution in [0.4, 0.5) is 5.69 Å². The van der Waals surface area contributed by atoms with Crippen LogP contribution in [0.3, 0.4) is 0 Å². The summed E-state index contributed by atoms with van der Waals surface area (Å²) in [6, 6.07) is 8.40. The Morgan fingerprint density at radius 3 is 2.50 bits per heavy atom. The zero-order chi connectivity index (χ0) is 16.7. The number of anilines is 1. The third-order valence-electron chi connectivity index (χ3n) is 3.19. The molecule has 0 fully saturated rings. The number of para-hydroxylation sites is 1. The van der Waals surface area contributed by atoms with E-state index >= 15 is 0 Å². The lowest BCUT2D eigenvalue weighted by Crippen LogP contribution is -2.46. The van der Waals surface area contributed by atoms with Gasteiger partial charge in [0.1, 0.15) is 6.07 Å². The first-order valence-corrected chi connectivity index (χ1v) is 7.14. The summed E-state index contributed by atoms with van der Waals surface area (Å²) >= 11 is 0. The molecule has 0 bridgehead atoms. The molecule has 0 aliphatic heterocycles. The SMILES string of the molecule is CC(C)NC(=O)CN(C)[C@@H](C)C(=O)Nc1ccccc1C#N. The number of benzene rings is 1. The van der Waals surface area contributed by atoms with E-state index in [1.807, 2.05) is 19.9 Å². The maximum atomic E-state index is 12.2. The van der Waals surface area contributed by atoms with Crippen molar-refractivity contribution in [2.45, 2.75) is 32.9 Å². The summed E-state index contributed by atoms with van der Waals surface area (Å²) in [6.07, 6.45) is 0. The van der Waals surface area contributed by atoms with E-state index in [1.165, 1.54) is 0 Å². The summed E-state index contributed by atoms with van der Waals surface area (Å²) in [6.45, 7) is 5.61. The fourth-order valence-electron chi connectivity index (χ4n) is 1.86. The van der Waals surface area contributed by atoms with Crippen molar-refractivity contribution < 1.29 is 9.59 Å².